The molecule has 0 N–H and O–H groups in total. The van der Waals surface area contributed by atoms with E-state index in [2.05, 4.69) is 4.98 Å². The van der Waals surface area contributed by atoms with Crippen LogP contribution in [-0.4, -0.2) is 31.6 Å². The summed E-state index contributed by atoms with van der Waals surface area (Å²) in [5.74, 6) is 0.568. The molecule has 3 rings (SSSR count). The molecule has 0 bridgehead atoms. The van der Waals surface area contributed by atoms with Gasteiger partial charge in [-0.15, -0.1) is 0 Å². The molecule has 0 saturated heterocycles. The van der Waals surface area contributed by atoms with Crippen LogP contribution in [0.15, 0.2) is 53.7 Å². The van der Waals surface area contributed by atoms with Crippen molar-refractivity contribution < 1.29 is 17.9 Å². The third-order valence-corrected chi connectivity index (χ3v) is 5.99. The van der Waals surface area contributed by atoms with Crippen LogP contribution in [0.5, 0.6) is 11.5 Å². The number of hydrogen-bond acceptors (Lipinski definition) is 5. The highest BCUT2D eigenvalue weighted by molar-refractivity contribution is 7.90. The Balaban J connectivity index is 2.25. The monoisotopic (exact) mass is 412 g/mol. The second kappa shape index (κ2) is 7.19. The molecule has 0 aliphatic heterocycles. The zero-order valence-electron chi connectivity index (χ0n) is 13.8. The third-order valence-electron chi connectivity index (χ3n) is 3.69. The fourth-order valence-corrected chi connectivity index (χ4v) is 4.52. The normalized spacial score (nSPS) is 11.4. The van der Waals surface area contributed by atoms with Crippen molar-refractivity contribution >= 4 is 33.2 Å². The molecule has 0 radical (unpaired) electrons. The number of benzene rings is 2. The summed E-state index contributed by atoms with van der Waals surface area (Å²) in [6.45, 7) is 0. The van der Waals surface area contributed by atoms with E-state index in [1.807, 2.05) is 0 Å². The smallest absolute Gasteiger partial charge is 0.269 e. The molecule has 0 unspecified atom stereocenters. The molecule has 26 heavy (non-hydrogen) atoms. The zero-order valence-corrected chi connectivity index (χ0v) is 16.1. The predicted octanol–water partition coefficient (Wildman–Crippen LogP) is 4.11. The molecule has 0 saturated carbocycles. The van der Waals surface area contributed by atoms with Gasteiger partial charge in [-0.1, -0.05) is 41.4 Å². The van der Waals surface area contributed by atoms with Gasteiger partial charge in [0.15, 0.2) is 17.3 Å². The van der Waals surface area contributed by atoms with Gasteiger partial charge in [-0.25, -0.2) is 17.4 Å². The summed E-state index contributed by atoms with van der Waals surface area (Å²) in [5.41, 5.74) is 0.327. The van der Waals surface area contributed by atoms with E-state index < -0.39 is 10.0 Å². The average molecular weight is 413 g/mol. The molecule has 0 amide bonds. The lowest BCUT2D eigenvalue weighted by Crippen LogP contribution is -2.13. The van der Waals surface area contributed by atoms with E-state index in [4.69, 9.17) is 32.7 Å². The Bertz CT molecular complexity index is 1050. The Kier molecular flexibility index (Phi) is 5.13. The minimum absolute atomic E-state index is 0.122. The molecule has 1 heterocycles. The van der Waals surface area contributed by atoms with Gasteiger partial charge in [0, 0.05) is 12.4 Å². The summed E-state index contributed by atoms with van der Waals surface area (Å²) in [6, 6.07) is 9.54. The Morgan fingerprint density at radius 2 is 1.69 bits per heavy atom. The highest BCUT2D eigenvalue weighted by atomic mass is 35.5. The lowest BCUT2D eigenvalue weighted by molar-refractivity contribution is 0.396. The fraction of sp³-hybridized carbons (Fsp3) is 0.118. The van der Waals surface area contributed by atoms with Crippen molar-refractivity contribution in [1.29, 1.82) is 0 Å². The quantitative estimate of drug-likeness (QED) is 0.630. The van der Waals surface area contributed by atoms with Gasteiger partial charge in [0.25, 0.3) is 10.0 Å². The van der Waals surface area contributed by atoms with Crippen LogP contribution in [0.4, 0.5) is 0 Å². The Hall–Kier alpha value is -2.22. The first-order valence-corrected chi connectivity index (χ1v) is 9.55. The van der Waals surface area contributed by atoms with Gasteiger partial charge in [-0.2, -0.15) is 0 Å². The summed E-state index contributed by atoms with van der Waals surface area (Å²) in [5, 5.41) is 0.337. The second-order valence-corrected chi connectivity index (χ2v) is 7.75. The Labute approximate surface area is 161 Å². The first-order valence-electron chi connectivity index (χ1n) is 7.36. The molecular formula is C17H14Cl2N2O4S. The van der Waals surface area contributed by atoms with Crippen LogP contribution in [0, 0.1) is 0 Å². The van der Waals surface area contributed by atoms with Gasteiger partial charge >= 0.3 is 0 Å². The Morgan fingerprint density at radius 3 is 2.31 bits per heavy atom. The van der Waals surface area contributed by atoms with Crippen LogP contribution < -0.4 is 9.47 Å². The van der Waals surface area contributed by atoms with Gasteiger partial charge in [-0.05, 0) is 18.2 Å². The number of rotatable bonds is 5. The molecule has 9 heteroatoms. The molecule has 0 fully saturated rings. The van der Waals surface area contributed by atoms with Gasteiger partial charge in [0.05, 0.1) is 29.7 Å². The van der Waals surface area contributed by atoms with Crippen molar-refractivity contribution in [2.45, 2.75) is 4.90 Å². The van der Waals surface area contributed by atoms with Crippen LogP contribution in [-0.2, 0) is 10.0 Å². The summed E-state index contributed by atoms with van der Waals surface area (Å²) >= 11 is 12.5. The van der Waals surface area contributed by atoms with E-state index in [-0.39, 0.29) is 32.3 Å². The summed E-state index contributed by atoms with van der Waals surface area (Å²) < 4.78 is 37.5. The highest BCUT2D eigenvalue weighted by Gasteiger charge is 2.26. The summed E-state index contributed by atoms with van der Waals surface area (Å²) in [7, 11) is -1.02. The van der Waals surface area contributed by atoms with Crippen molar-refractivity contribution in [3.05, 3.63) is 58.8 Å². The van der Waals surface area contributed by atoms with Crippen LogP contribution in [0.3, 0.4) is 0 Å². The number of nitrogens with zero attached hydrogens (tertiary/aromatic N) is 2. The topological polar surface area (TPSA) is 70.4 Å². The largest absolute Gasteiger partial charge is 0.494 e. The molecule has 0 aliphatic carbocycles. The molecule has 0 spiro atoms. The Morgan fingerprint density at radius 1 is 1.04 bits per heavy atom. The van der Waals surface area contributed by atoms with Crippen molar-refractivity contribution in [3.8, 4) is 22.9 Å². The molecule has 0 aliphatic rings. The number of ether oxygens (including phenoxy) is 2. The fourth-order valence-electron chi connectivity index (χ4n) is 2.52. The van der Waals surface area contributed by atoms with Crippen LogP contribution in [0.2, 0.25) is 10.0 Å². The van der Waals surface area contributed by atoms with Crippen molar-refractivity contribution in [2.24, 2.45) is 0 Å². The molecule has 136 valence electrons. The molecule has 6 nitrogen and oxygen atoms in total. The van der Waals surface area contributed by atoms with E-state index in [1.54, 1.807) is 18.2 Å². The van der Waals surface area contributed by atoms with Crippen molar-refractivity contribution in [3.63, 3.8) is 0 Å². The first-order chi connectivity index (χ1) is 12.4. The van der Waals surface area contributed by atoms with Gasteiger partial charge in [-0.3, -0.25) is 0 Å². The van der Waals surface area contributed by atoms with Crippen LogP contribution in [0.1, 0.15) is 0 Å². The highest BCUT2D eigenvalue weighted by Crippen LogP contribution is 2.46. The van der Waals surface area contributed by atoms with Crippen molar-refractivity contribution in [1.82, 2.24) is 8.96 Å². The number of imidazole rings is 1. The zero-order chi connectivity index (χ0) is 18.9. The molecule has 0 atom stereocenters. The lowest BCUT2D eigenvalue weighted by Gasteiger charge is -2.16. The van der Waals surface area contributed by atoms with E-state index in [9.17, 15) is 8.42 Å². The number of aromatic nitrogens is 2. The maximum absolute atomic E-state index is 13.0. The minimum atomic E-state index is -3.86. The van der Waals surface area contributed by atoms with Gasteiger partial charge in [0.2, 0.25) is 0 Å². The van der Waals surface area contributed by atoms with Crippen molar-refractivity contribution in [2.75, 3.05) is 14.2 Å². The molecule has 3 aromatic rings. The predicted molar refractivity (Wildman–Crippen MR) is 99.8 cm³/mol. The standard InChI is InChI=1S/C17H14Cl2N2O4S/c1-24-15-12(10-13(18)16(25-2)14(15)19)17-20-8-9-21(17)26(22,23)11-6-4-3-5-7-11/h3-10H,1-2H3. The molecular weight excluding hydrogens is 399 g/mol. The average Bonchev–Trinajstić information content (AvgIpc) is 3.13. The van der Waals surface area contributed by atoms with E-state index in [1.165, 1.54) is 44.8 Å². The number of hydrogen-bond donors (Lipinski definition) is 0. The maximum Gasteiger partial charge on any atom is 0.269 e. The van der Waals surface area contributed by atoms with E-state index in [0.717, 1.165) is 3.97 Å². The second-order valence-electron chi connectivity index (χ2n) is 5.15. The van der Waals surface area contributed by atoms with Crippen LogP contribution in [0.25, 0.3) is 11.4 Å². The SMILES string of the molecule is COc1c(Cl)cc(-c2nccn2S(=O)(=O)c2ccccc2)c(OC)c1Cl. The number of methoxy groups -OCH3 is 2. The summed E-state index contributed by atoms with van der Waals surface area (Å²) in [6.07, 6.45) is 2.73. The van der Waals surface area contributed by atoms with Gasteiger partial charge in [0.1, 0.15) is 5.02 Å². The van der Waals surface area contributed by atoms with Gasteiger partial charge < -0.3 is 9.47 Å². The maximum atomic E-state index is 13.0. The molecule has 2 aromatic carbocycles. The minimum Gasteiger partial charge on any atom is -0.494 e. The molecule has 1 aromatic heterocycles. The first kappa shape index (κ1) is 18.6. The van der Waals surface area contributed by atoms with E-state index >= 15 is 0 Å². The number of halogens is 2. The third kappa shape index (κ3) is 3.02. The summed E-state index contributed by atoms with van der Waals surface area (Å²) in [4.78, 5) is 4.30. The van der Waals surface area contributed by atoms with E-state index in [0.29, 0.717) is 5.56 Å². The van der Waals surface area contributed by atoms with Crippen LogP contribution >= 0.6 is 23.2 Å². The lowest BCUT2D eigenvalue weighted by atomic mass is 10.1.